The molecule has 130 valence electrons. The fourth-order valence-electron chi connectivity index (χ4n) is 2.73. The normalized spacial score (nSPS) is 10.8. The van der Waals surface area contributed by atoms with Crippen molar-refractivity contribution >= 4 is 45.0 Å². The predicted molar refractivity (Wildman–Crippen MR) is 101 cm³/mol. The molecule has 0 aliphatic heterocycles. The van der Waals surface area contributed by atoms with Gasteiger partial charge >= 0.3 is 6.03 Å². The Balaban J connectivity index is 1.49. The van der Waals surface area contributed by atoms with Gasteiger partial charge in [-0.1, -0.05) is 41.7 Å². The molecule has 2 aromatic heterocycles. The van der Waals surface area contributed by atoms with Crippen molar-refractivity contribution in [2.24, 2.45) is 0 Å². The van der Waals surface area contributed by atoms with Crippen molar-refractivity contribution in [2.75, 3.05) is 5.32 Å². The van der Waals surface area contributed by atoms with Crippen molar-refractivity contribution in [3.63, 3.8) is 0 Å². The number of anilines is 1. The zero-order valence-electron chi connectivity index (χ0n) is 13.8. The SMILES string of the molecule is Cc1c(C(=O)NNC(=O)Nc2ccccc2)sc2nc3ccccc3n12. The number of hydrogen-bond donors (Lipinski definition) is 3. The third-order valence-electron chi connectivity index (χ3n) is 3.91. The lowest BCUT2D eigenvalue weighted by molar-refractivity contribution is 0.0941. The lowest BCUT2D eigenvalue weighted by Crippen LogP contribution is -2.43. The zero-order chi connectivity index (χ0) is 18.1. The van der Waals surface area contributed by atoms with Crippen LogP contribution in [-0.2, 0) is 0 Å². The highest BCUT2D eigenvalue weighted by Crippen LogP contribution is 2.27. The molecule has 8 heteroatoms. The number of fused-ring (bicyclic) bond motifs is 3. The number of hydrazine groups is 1. The number of para-hydroxylation sites is 3. The fraction of sp³-hybridized carbons (Fsp3) is 0.0556. The number of nitrogens with one attached hydrogen (secondary N) is 3. The Kier molecular flexibility index (Phi) is 4.02. The van der Waals surface area contributed by atoms with Gasteiger partial charge in [0.05, 0.1) is 11.0 Å². The van der Waals surface area contributed by atoms with Crippen LogP contribution in [0.3, 0.4) is 0 Å². The molecule has 0 bridgehead atoms. The molecule has 0 fully saturated rings. The molecule has 4 aromatic rings. The van der Waals surface area contributed by atoms with Crippen LogP contribution in [-0.4, -0.2) is 21.3 Å². The van der Waals surface area contributed by atoms with Crippen molar-refractivity contribution < 1.29 is 9.59 Å². The first-order valence-corrected chi connectivity index (χ1v) is 8.74. The summed E-state index contributed by atoms with van der Waals surface area (Å²) in [7, 11) is 0. The summed E-state index contributed by atoms with van der Waals surface area (Å²) in [4.78, 5) is 30.1. The first kappa shape index (κ1) is 16.1. The van der Waals surface area contributed by atoms with Crippen LogP contribution >= 0.6 is 11.3 Å². The van der Waals surface area contributed by atoms with E-state index in [-0.39, 0.29) is 5.91 Å². The van der Waals surface area contributed by atoms with E-state index < -0.39 is 6.03 Å². The molecule has 7 nitrogen and oxygen atoms in total. The number of aryl methyl sites for hydroxylation is 1. The number of rotatable bonds is 2. The lowest BCUT2D eigenvalue weighted by atomic mass is 10.3. The van der Waals surface area contributed by atoms with Gasteiger partial charge in [0.25, 0.3) is 5.91 Å². The Labute approximate surface area is 152 Å². The van der Waals surface area contributed by atoms with Gasteiger partial charge in [0, 0.05) is 11.4 Å². The van der Waals surface area contributed by atoms with E-state index in [2.05, 4.69) is 21.2 Å². The van der Waals surface area contributed by atoms with Crippen LogP contribution in [0.5, 0.6) is 0 Å². The third-order valence-corrected chi connectivity index (χ3v) is 5.06. The number of carbonyl (C=O) groups excluding carboxylic acids is 2. The molecule has 4 rings (SSSR count). The first-order valence-electron chi connectivity index (χ1n) is 7.92. The van der Waals surface area contributed by atoms with Gasteiger partial charge in [-0.15, -0.1) is 0 Å². The molecular weight excluding hydrogens is 350 g/mol. The van der Waals surface area contributed by atoms with Gasteiger partial charge in [-0.3, -0.25) is 14.6 Å². The Bertz CT molecular complexity index is 1120. The quantitative estimate of drug-likeness (QED) is 0.476. The summed E-state index contributed by atoms with van der Waals surface area (Å²) in [5.74, 6) is -0.384. The molecule has 2 aromatic carbocycles. The third kappa shape index (κ3) is 2.86. The highest BCUT2D eigenvalue weighted by Gasteiger charge is 2.19. The second kappa shape index (κ2) is 6.49. The Morgan fingerprint density at radius 3 is 2.54 bits per heavy atom. The van der Waals surface area contributed by atoms with E-state index in [0.29, 0.717) is 10.6 Å². The maximum atomic E-state index is 12.4. The second-order valence-electron chi connectivity index (χ2n) is 5.63. The molecule has 3 amide bonds. The predicted octanol–water partition coefficient (Wildman–Crippen LogP) is 3.32. The molecule has 0 atom stereocenters. The van der Waals surface area contributed by atoms with Gasteiger partial charge in [0.2, 0.25) is 0 Å². The smallest absolute Gasteiger partial charge is 0.307 e. The van der Waals surface area contributed by atoms with E-state index in [9.17, 15) is 9.59 Å². The van der Waals surface area contributed by atoms with Crippen molar-refractivity contribution in [1.82, 2.24) is 20.2 Å². The van der Waals surface area contributed by atoms with Gasteiger partial charge in [-0.05, 0) is 31.2 Å². The minimum atomic E-state index is -0.519. The van der Waals surface area contributed by atoms with E-state index in [1.807, 2.05) is 53.8 Å². The molecule has 0 spiro atoms. The van der Waals surface area contributed by atoms with Crippen LogP contribution in [0.2, 0.25) is 0 Å². The van der Waals surface area contributed by atoms with Crippen LogP contribution in [0.15, 0.2) is 54.6 Å². The highest BCUT2D eigenvalue weighted by atomic mass is 32.1. The molecular formula is C18H15N5O2S. The van der Waals surface area contributed by atoms with Crippen LogP contribution in [0.1, 0.15) is 15.4 Å². The minimum Gasteiger partial charge on any atom is -0.307 e. The molecule has 2 heterocycles. The van der Waals surface area contributed by atoms with Gasteiger partial charge in [0.15, 0.2) is 4.96 Å². The summed E-state index contributed by atoms with van der Waals surface area (Å²) < 4.78 is 1.94. The van der Waals surface area contributed by atoms with E-state index in [1.165, 1.54) is 11.3 Å². The monoisotopic (exact) mass is 365 g/mol. The van der Waals surface area contributed by atoms with E-state index >= 15 is 0 Å². The fourth-order valence-corrected chi connectivity index (χ4v) is 3.76. The van der Waals surface area contributed by atoms with Crippen LogP contribution in [0.25, 0.3) is 16.0 Å². The van der Waals surface area contributed by atoms with Crippen LogP contribution in [0.4, 0.5) is 10.5 Å². The molecule has 26 heavy (non-hydrogen) atoms. The van der Waals surface area contributed by atoms with E-state index in [1.54, 1.807) is 12.1 Å². The number of nitrogens with zero attached hydrogens (tertiary/aromatic N) is 2. The number of aromatic nitrogens is 2. The summed E-state index contributed by atoms with van der Waals surface area (Å²) in [5, 5.41) is 2.63. The topological polar surface area (TPSA) is 87.5 Å². The molecule has 0 aliphatic rings. The Morgan fingerprint density at radius 1 is 1.00 bits per heavy atom. The van der Waals surface area contributed by atoms with Crippen molar-refractivity contribution in [2.45, 2.75) is 6.92 Å². The molecule has 0 saturated carbocycles. The molecule has 0 radical (unpaired) electrons. The number of urea groups is 1. The molecule has 3 N–H and O–H groups in total. The zero-order valence-corrected chi connectivity index (χ0v) is 14.6. The standard InChI is InChI=1S/C18H15N5O2S/c1-11-15(26-18-20-13-9-5-6-10-14(13)23(11)18)16(24)21-22-17(25)19-12-7-3-2-4-8-12/h2-10H,1H3,(H,21,24)(H2,19,22,25). The molecule has 0 unspecified atom stereocenters. The number of imidazole rings is 1. The second-order valence-corrected chi connectivity index (χ2v) is 6.61. The van der Waals surface area contributed by atoms with E-state index in [4.69, 9.17) is 0 Å². The maximum Gasteiger partial charge on any atom is 0.337 e. The minimum absolute atomic E-state index is 0.384. The Morgan fingerprint density at radius 2 is 1.73 bits per heavy atom. The average molecular weight is 365 g/mol. The number of hydrogen-bond acceptors (Lipinski definition) is 4. The van der Waals surface area contributed by atoms with Crippen molar-refractivity contribution in [1.29, 1.82) is 0 Å². The summed E-state index contributed by atoms with van der Waals surface area (Å²) in [6.45, 7) is 1.86. The van der Waals surface area contributed by atoms with Gasteiger partial charge in [0.1, 0.15) is 4.88 Å². The van der Waals surface area contributed by atoms with Gasteiger partial charge in [-0.25, -0.2) is 15.2 Å². The Hall–Kier alpha value is -3.39. The highest BCUT2D eigenvalue weighted by molar-refractivity contribution is 7.19. The molecule has 0 aliphatic carbocycles. The number of thiazole rings is 1. The summed E-state index contributed by atoms with van der Waals surface area (Å²) >= 11 is 1.28. The number of benzene rings is 2. The largest absolute Gasteiger partial charge is 0.337 e. The average Bonchev–Trinajstić information content (AvgIpc) is 3.17. The van der Waals surface area contributed by atoms with Crippen molar-refractivity contribution in [3.8, 4) is 0 Å². The lowest BCUT2D eigenvalue weighted by Gasteiger charge is -2.08. The summed E-state index contributed by atoms with van der Waals surface area (Å²) in [5.41, 5.74) is 8.03. The van der Waals surface area contributed by atoms with Crippen molar-refractivity contribution in [3.05, 3.63) is 65.2 Å². The maximum absolute atomic E-state index is 12.4. The van der Waals surface area contributed by atoms with Gasteiger partial charge < -0.3 is 5.32 Å². The van der Waals surface area contributed by atoms with Crippen LogP contribution < -0.4 is 16.2 Å². The summed E-state index contributed by atoms with van der Waals surface area (Å²) in [6, 6.07) is 16.2. The van der Waals surface area contributed by atoms with Crippen LogP contribution in [0, 0.1) is 6.92 Å². The van der Waals surface area contributed by atoms with Gasteiger partial charge in [-0.2, -0.15) is 0 Å². The molecule has 0 saturated heterocycles. The number of carbonyl (C=O) groups is 2. The first-order chi connectivity index (χ1) is 12.6. The number of amides is 3. The van der Waals surface area contributed by atoms with E-state index in [0.717, 1.165) is 21.7 Å². The summed E-state index contributed by atoms with van der Waals surface area (Å²) in [6.07, 6.45) is 0.